The Hall–Kier alpha value is -2.51. The Kier molecular flexibility index (Phi) is 5.20. The third-order valence-electron chi connectivity index (χ3n) is 4.65. The van der Waals surface area contributed by atoms with Gasteiger partial charge in [0.2, 0.25) is 5.82 Å². The van der Waals surface area contributed by atoms with Crippen LogP contribution in [0.4, 0.5) is 18.0 Å². The van der Waals surface area contributed by atoms with E-state index in [9.17, 15) is 18.0 Å². The number of aromatic nitrogens is 2. The SMILES string of the molecule is C=CCNC(=O)N1CCC(Cn2c(C(F)(F)F)nc3ccccc32)CC1. The monoisotopic (exact) mass is 366 g/mol. The maximum Gasteiger partial charge on any atom is 0.449 e. The van der Waals surface area contributed by atoms with Crippen molar-refractivity contribution in [2.24, 2.45) is 5.92 Å². The molecule has 1 aromatic heterocycles. The van der Waals surface area contributed by atoms with Crippen molar-refractivity contribution >= 4 is 17.1 Å². The van der Waals surface area contributed by atoms with Crippen molar-refractivity contribution in [1.82, 2.24) is 19.8 Å². The zero-order valence-electron chi connectivity index (χ0n) is 14.3. The van der Waals surface area contributed by atoms with Crippen LogP contribution in [0.1, 0.15) is 18.7 Å². The van der Waals surface area contributed by atoms with Crippen molar-refractivity contribution in [3.63, 3.8) is 0 Å². The Morgan fingerprint density at radius 3 is 2.65 bits per heavy atom. The number of benzene rings is 1. The molecule has 0 spiro atoms. The van der Waals surface area contributed by atoms with E-state index in [1.165, 1.54) is 4.57 Å². The van der Waals surface area contributed by atoms with E-state index in [1.54, 1.807) is 35.2 Å². The van der Waals surface area contributed by atoms with Gasteiger partial charge in [0.05, 0.1) is 11.0 Å². The number of nitrogens with zero attached hydrogens (tertiary/aromatic N) is 3. The van der Waals surface area contributed by atoms with Crippen molar-refractivity contribution in [1.29, 1.82) is 0 Å². The number of likely N-dealkylation sites (tertiary alicyclic amines) is 1. The summed E-state index contributed by atoms with van der Waals surface area (Å²) in [6.45, 7) is 5.25. The molecule has 1 fully saturated rings. The Balaban J connectivity index is 1.72. The second kappa shape index (κ2) is 7.39. The first-order chi connectivity index (χ1) is 12.4. The predicted octanol–water partition coefficient (Wildman–Crippen LogP) is 3.66. The second-order valence-electron chi connectivity index (χ2n) is 6.44. The number of fused-ring (bicyclic) bond motifs is 1. The summed E-state index contributed by atoms with van der Waals surface area (Å²) in [4.78, 5) is 17.4. The van der Waals surface area contributed by atoms with Gasteiger partial charge >= 0.3 is 12.2 Å². The van der Waals surface area contributed by atoms with Crippen LogP contribution in [0, 0.1) is 5.92 Å². The molecule has 2 aromatic rings. The van der Waals surface area contributed by atoms with Crippen molar-refractivity contribution in [3.8, 4) is 0 Å². The van der Waals surface area contributed by atoms with Crippen LogP contribution < -0.4 is 5.32 Å². The highest BCUT2D eigenvalue weighted by molar-refractivity contribution is 5.76. The van der Waals surface area contributed by atoms with E-state index in [-0.39, 0.29) is 18.5 Å². The number of hydrogen-bond donors (Lipinski definition) is 1. The molecule has 3 rings (SSSR count). The Morgan fingerprint density at radius 2 is 2.00 bits per heavy atom. The molecule has 2 amide bonds. The van der Waals surface area contributed by atoms with Crippen LogP contribution in [-0.4, -0.2) is 40.1 Å². The molecule has 8 heteroatoms. The summed E-state index contributed by atoms with van der Waals surface area (Å²) in [6.07, 6.45) is -1.58. The smallest absolute Gasteiger partial charge is 0.335 e. The van der Waals surface area contributed by atoms with Crippen LogP contribution in [0.15, 0.2) is 36.9 Å². The molecule has 1 saturated heterocycles. The van der Waals surface area contributed by atoms with Crippen LogP contribution in [-0.2, 0) is 12.7 Å². The topological polar surface area (TPSA) is 50.2 Å². The van der Waals surface area contributed by atoms with Crippen molar-refractivity contribution in [2.45, 2.75) is 25.6 Å². The number of rotatable bonds is 4. The van der Waals surface area contributed by atoms with Crippen LogP contribution in [0.5, 0.6) is 0 Å². The van der Waals surface area contributed by atoms with Gasteiger partial charge in [-0.05, 0) is 30.9 Å². The van der Waals surface area contributed by atoms with E-state index in [0.29, 0.717) is 43.5 Å². The number of urea groups is 1. The van der Waals surface area contributed by atoms with E-state index >= 15 is 0 Å². The molecular weight excluding hydrogens is 345 g/mol. The highest BCUT2D eigenvalue weighted by atomic mass is 19.4. The van der Waals surface area contributed by atoms with Gasteiger partial charge < -0.3 is 14.8 Å². The lowest BCUT2D eigenvalue weighted by molar-refractivity contribution is -0.147. The standard InChI is InChI=1S/C18H21F3N4O/c1-2-9-22-17(26)24-10-7-13(8-11-24)12-25-15-6-4-3-5-14(15)23-16(25)18(19,20)21/h2-6,13H,1,7-12H2,(H,22,26). The van der Waals surface area contributed by atoms with Gasteiger partial charge in [0, 0.05) is 26.2 Å². The third-order valence-corrected chi connectivity index (χ3v) is 4.65. The number of carbonyl (C=O) groups is 1. The number of para-hydroxylation sites is 2. The van der Waals surface area contributed by atoms with Crippen LogP contribution in [0.3, 0.4) is 0 Å². The van der Waals surface area contributed by atoms with E-state index in [0.717, 1.165) is 0 Å². The first-order valence-electron chi connectivity index (χ1n) is 8.56. The van der Waals surface area contributed by atoms with Crippen molar-refractivity contribution < 1.29 is 18.0 Å². The van der Waals surface area contributed by atoms with Gasteiger partial charge in [-0.25, -0.2) is 9.78 Å². The van der Waals surface area contributed by atoms with E-state index in [4.69, 9.17) is 0 Å². The van der Waals surface area contributed by atoms with Crippen molar-refractivity contribution in [3.05, 3.63) is 42.7 Å². The van der Waals surface area contributed by atoms with Gasteiger partial charge in [-0.2, -0.15) is 13.2 Å². The van der Waals surface area contributed by atoms with Gasteiger partial charge in [0.25, 0.3) is 0 Å². The van der Waals surface area contributed by atoms with Gasteiger partial charge in [0.15, 0.2) is 0 Å². The average molecular weight is 366 g/mol. The molecule has 5 nitrogen and oxygen atoms in total. The average Bonchev–Trinajstić information content (AvgIpc) is 2.99. The van der Waals surface area contributed by atoms with Crippen LogP contribution in [0.25, 0.3) is 11.0 Å². The summed E-state index contributed by atoms with van der Waals surface area (Å²) < 4.78 is 41.4. The quantitative estimate of drug-likeness (QED) is 0.840. The maximum atomic E-state index is 13.4. The van der Waals surface area contributed by atoms with E-state index in [1.807, 2.05) is 0 Å². The molecule has 2 heterocycles. The molecule has 0 saturated carbocycles. The number of piperidine rings is 1. The molecular formula is C18H21F3N4O. The summed E-state index contributed by atoms with van der Waals surface area (Å²) in [5.41, 5.74) is 0.840. The molecule has 1 aliphatic heterocycles. The minimum absolute atomic E-state index is 0.0668. The summed E-state index contributed by atoms with van der Waals surface area (Å²) in [5.74, 6) is -0.790. The number of carbonyl (C=O) groups excluding carboxylic acids is 1. The molecule has 1 aromatic carbocycles. The lowest BCUT2D eigenvalue weighted by atomic mass is 9.96. The largest absolute Gasteiger partial charge is 0.449 e. The molecule has 0 unspecified atom stereocenters. The summed E-state index contributed by atoms with van der Waals surface area (Å²) in [5, 5.41) is 2.72. The molecule has 1 aliphatic rings. The normalized spacial score (nSPS) is 16.0. The maximum absolute atomic E-state index is 13.4. The second-order valence-corrected chi connectivity index (χ2v) is 6.44. The van der Waals surface area contributed by atoms with Crippen LogP contribution >= 0.6 is 0 Å². The Morgan fingerprint density at radius 1 is 1.31 bits per heavy atom. The van der Waals surface area contributed by atoms with Gasteiger partial charge in [-0.3, -0.25) is 0 Å². The third kappa shape index (κ3) is 3.84. The minimum Gasteiger partial charge on any atom is -0.335 e. The van der Waals surface area contributed by atoms with E-state index < -0.39 is 12.0 Å². The predicted molar refractivity (Wildman–Crippen MR) is 92.6 cm³/mol. The molecule has 26 heavy (non-hydrogen) atoms. The highest BCUT2D eigenvalue weighted by Crippen LogP contribution is 2.33. The zero-order valence-corrected chi connectivity index (χ0v) is 14.3. The number of halogens is 3. The van der Waals surface area contributed by atoms with Gasteiger partial charge in [-0.1, -0.05) is 18.2 Å². The molecule has 140 valence electrons. The molecule has 0 atom stereocenters. The Bertz CT molecular complexity index is 791. The number of alkyl halides is 3. The fourth-order valence-electron chi connectivity index (χ4n) is 3.32. The summed E-state index contributed by atoms with van der Waals surface area (Å²) in [6, 6.07) is 6.49. The first-order valence-corrected chi connectivity index (χ1v) is 8.56. The summed E-state index contributed by atoms with van der Waals surface area (Å²) in [7, 11) is 0. The Labute approximate surface area is 149 Å². The number of imidazole rings is 1. The lowest BCUT2D eigenvalue weighted by Gasteiger charge is -2.32. The molecule has 1 N–H and O–H groups in total. The molecule has 0 radical (unpaired) electrons. The molecule has 0 bridgehead atoms. The molecule has 0 aliphatic carbocycles. The van der Waals surface area contributed by atoms with Crippen LogP contribution in [0.2, 0.25) is 0 Å². The number of amides is 2. The fourth-order valence-corrected chi connectivity index (χ4v) is 3.32. The first kappa shape index (κ1) is 18.3. The van der Waals surface area contributed by atoms with E-state index in [2.05, 4.69) is 16.9 Å². The van der Waals surface area contributed by atoms with Gasteiger partial charge in [0.1, 0.15) is 0 Å². The highest BCUT2D eigenvalue weighted by Gasteiger charge is 2.38. The lowest BCUT2D eigenvalue weighted by Crippen LogP contribution is -2.45. The number of nitrogens with one attached hydrogen (secondary N) is 1. The summed E-state index contributed by atoms with van der Waals surface area (Å²) >= 11 is 0. The number of hydrogen-bond acceptors (Lipinski definition) is 2. The van der Waals surface area contributed by atoms with Gasteiger partial charge in [-0.15, -0.1) is 6.58 Å². The fraction of sp³-hybridized carbons (Fsp3) is 0.444. The minimum atomic E-state index is -4.50. The zero-order chi connectivity index (χ0) is 18.7. The van der Waals surface area contributed by atoms with Crippen molar-refractivity contribution in [2.75, 3.05) is 19.6 Å².